The van der Waals surface area contributed by atoms with Gasteiger partial charge >= 0.3 is 6.18 Å². The molecule has 0 spiro atoms. The summed E-state index contributed by atoms with van der Waals surface area (Å²) in [6.07, 6.45) is -4.43. The predicted molar refractivity (Wildman–Crippen MR) is 92.7 cm³/mol. The van der Waals surface area contributed by atoms with Gasteiger partial charge in [-0.1, -0.05) is 12.1 Å². The summed E-state index contributed by atoms with van der Waals surface area (Å²) in [7, 11) is 0. The number of benzene rings is 1. The largest absolute Gasteiger partial charge is 0.434 e. The number of nitrogens with one attached hydrogen (secondary N) is 1. The fourth-order valence-corrected chi connectivity index (χ4v) is 2.30. The van der Waals surface area contributed by atoms with Gasteiger partial charge in [0, 0.05) is 11.1 Å². The maximum atomic E-state index is 12.4. The van der Waals surface area contributed by atoms with E-state index >= 15 is 0 Å². The minimum atomic E-state index is -4.43. The molecule has 0 unspecified atom stereocenters. The molecule has 0 saturated carbocycles. The summed E-state index contributed by atoms with van der Waals surface area (Å²) in [4.78, 5) is 7.46. The van der Waals surface area contributed by atoms with Crippen LogP contribution < -0.4 is 11.1 Å². The molecule has 1 heterocycles. The summed E-state index contributed by atoms with van der Waals surface area (Å²) in [5.41, 5.74) is 6.62. The number of guanidine groups is 1. The highest BCUT2D eigenvalue weighted by Crippen LogP contribution is 2.30. The molecule has 120 valence electrons. The normalized spacial score (nSPS) is 11.9. The Morgan fingerprint density at radius 1 is 1.41 bits per heavy atom. The maximum absolute atomic E-state index is 12.4. The van der Waals surface area contributed by atoms with Crippen molar-refractivity contribution in [3.05, 3.63) is 45.9 Å². The van der Waals surface area contributed by atoms with Crippen molar-refractivity contribution < 1.29 is 13.2 Å². The van der Waals surface area contributed by atoms with Crippen LogP contribution in [0.1, 0.15) is 16.3 Å². The number of anilines is 1. The number of rotatable bonds is 3. The van der Waals surface area contributed by atoms with Crippen LogP contribution in [0, 0.1) is 6.92 Å². The molecule has 1 aromatic heterocycles. The SMILES string of the molecule is Cc1cccc(NC(N)=NCc2nc(C(F)(F)F)cs2)c1.I. The molecule has 1 aromatic carbocycles. The Morgan fingerprint density at radius 2 is 2.14 bits per heavy atom. The first-order chi connectivity index (χ1) is 9.84. The first-order valence-electron chi connectivity index (χ1n) is 6.00. The Labute approximate surface area is 146 Å². The lowest BCUT2D eigenvalue weighted by Crippen LogP contribution is -2.22. The van der Waals surface area contributed by atoms with E-state index in [1.165, 1.54) is 0 Å². The molecule has 0 aliphatic rings. The molecule has 0 atom stereocenters. The van der Waals surface area contributed by atoms with E-state index in [2.05, 4.69) is 15.3 Å². The van der Waals surface area contributed by atoms with E-state index in [4.69, 9.17) is 5.73 Å². The van der Waals surface area contributed by atoms with Gasteiger partial charge in [-0.05, 0) is 24.6 Å². The number of alkyl halides is 3. The number of hydrogen-bond acceptors (Lipinski definition) is 3. The van der Waals surface area contributed by atoms with Gasteiger partial charge in [0.25, 0.3) is 0 Å². The van der Waals surface area contributed by atoms with E-state index < -0.39 is 11.9 Å². The lowest BCUT2D eigenvalue weighted by molar-refractivity contribution is -0.140. The lowest BCUT2D eigenvalue weighted by Gasteiger charge is -2.05. The summed E-state index contributed by atoms with van der Waals surface area (Å²) in [6.45, 7) is 1.94. The van der Waals surface area contributed by atoms with Crippen molar-refractivity contribution in [2.75, 3.05) is 5.32 Å². The molecule has 0 fully saturated rings. The highest BCUT2D eigenvalue weighted by Gasteiger charge is 2.33. The van der Waals surface area contributed by atoms with E-state index in [0.717, 1.165) is 28.0 Å². The molecule has 0 aliphatic heterocycles. The van der Waals surface area contributed by atoms with E-state index in [-0.39, 0.29) is 41.5 Å². The van der Waals surface area contributed by atoms with Crippen LogP contribution in [-0.2, 0) is 12.7 Å². The molecule has 2 rings (SSSR count). The van der Waals surface area contributed by atoms with Crippen LogP contribution in [-0.4, -0.2) is 10.9 Å². The molecular formula is C13H14F3IN4S. The summed E-state index contributed by atoms with van der Waals surface area (Å²) >= 11 is 0.906. The van der Waals surface area contributed by atoms with Crippen LogP contribution in [0.25, 0.3) is 0 Å². The van der Waals surface area contributed by atoms with Crippen LogP contribution >= 0.6 is 35.3 Å². The standard InChI is InChI=1S/C13H13F3N4S.HI/c1-8-3-2-4-9(5-8)19-12(17)18-6-11-20-10(7-21-11)13(14,15)16;/h2-5,7H,6H2,1H3,(H3,17,18,19);1H. The zero-order chi connectivity index (χ0) is 15.5. The summed E-state index contributed by atoms with van der Waals surface area (Å²) in [5.74, 6) is 0.129. The molecule has 22 heavy (non-hydrogen) atoms. The number of halogens is 4. The van der Waals surface area contributed by atoms with Crippen molar-refractivity contribution in [1.29, 1.82) is 0 Å². The van der Waals surface area contributed by atoms with Crippen molar-refractivity contribution >= 4 is 47.0 Å². The second kappa shape index (κ2) is 7.77. The summed E-state index contributed by atoms with van der Waals surface area (Å²) in [6, 6.07) is 7.50. The Hall–Kier alpha value is -1.36. The Morgan fingerprint density at radius 3 is 2.73 bits per heavy atom. The number of nitrogens with zero attached hydrogens (tertiary/aromatic N) is 2. The number of thiazole rings is 1. The second-order valence-corrected chi connectivity index (χ2v) is 5.26. The Balaban J connectivity index is 0.00000242. The molecule has 0 bridgehead atoms. The quantitative estimate of drug-likeness (QED) is 0.429. The third-order valence-corrected chi connectivity index (χ3v) is 3.35. The van der Waals surface area contributed by atoms with Gasteiger partial charge < -0.3 is 11.1 Å². The molecule has 0 radical (unpaired) electrons. The molecule has 4 nitrogen and oxygen atoms in total. The summed E-state index contributed by atoms with van der Waals surface area (Å²) < 4.78 is 37.2. The maximum Gasteiger partial charge on any atom is 0.434 e. The van der Waals surface area contributed by atoms with Gasteiger partial charge in [-0.25, -0.2) is 9.98 Å². The number of hydrogen-bond donors (Lipinski definition) is 2. The van der Waals surface area contributed by atoms with Gasteiger partial charge in [0.05, 0.1) is 6.54 Å². The van der Waals surface area contributed by atoms with Crippen molar-refractivity contribution in [2.45, 2.75) is 19.6 Å². The van der Waals surface area contributed by atoms with Gasteiger partial charge in [-0.2, -0.15) is 13.2 Å². The van der Waals surface area contributed by atoms with E-state index in [1.54, 1.807) is 0 Å². The van der Waals surface area contributed by atoms with E-state index in [1.807, 2.05) is 31.2 Å². The van der Waals surface area contributed by atoms with Crippen LogP contribution in [0.3, 0.4) is 0 Å². The van der Waals surface area contributed by atoms with Crippen LogP contribution in [0.15, 0.2) is 34.6 Å². The minimum Gasteiger partial charge on any atom is -0.370 e. The molecular weight excluding hydrogens is 428 g/mol. The fraction of sp³-hybridized carbons (Fsp3) is 0.231. The van der Waals surface area contributed by atoms with E-state index in [9.17, 15) is 13.2 Å². The van der Waals surface area contributed by atoms with Crippen molar-refractivity contribution in [1.82, 2.24) is 4.98 Å². The van der Waals surface area contributed by atoms with Crippen LogP contribution in [0.2, 0.25) is 0 Å². The van der Waals surface area contributed by atoms with Crippen LogP contribution in [0.4, 0.5) is 18.9 Å². The highest BCUT2D eigenvalue weighted by atomic mass is 127. The number of aromatic nitrogens is 1. The Kier molecular flexibility index (Phi) is 6.60. The van der Waals surface area contributed by atoms with Crippen LogP contribution in [0.5, 0.6) is 0 Å². The zero-order valence-electron chi connectivity index (χ0n) is 11.5. The monoisotopic (exact) mass is 442 g/mol. The predicted octanol–water partition coefficient (Wildman–Crippen LogP) is 4.02. The second-order valence-electron chi connectivity index (χ2n) is 4.32. The van der Waals surface area contributed by atoms with Gasteiger partial charge in [0.15, 0.2) is 11.7 Å². The molecule has 2 aromatic rings. The van der Waals surface area contributed by atoms with Gasteiger partial charge in [-0.3, -0.25) is 0 Å². The molecule has 0 saturated heterocycles. The average Bonchev–Trinajstić information content (AvgIpc) is 2.85. The summed E-state index contributed by atoms with van der Waals surface area (Å²) in [5, 5.41) is 4.10. The van der Waals surface area contributed by atoms with Gasteiger partial charge in [0.2, 0.25) is 0 Å². The third kappa shape index (κ3) is 5.44. The van der Waals surface area contributed by atoms with Crippen molar-refractivity contribution in [3.63, 3.8) is 0 Å². The lowest BCUT2D eigenvalue weighted by atomic mass is 10.2. The smallest absolute Gasteiger partial charge is 0.370 e. The molecule has 9 heteroatoms. The topological polar surface area (TPSA) is 63.3 Å². The third-order valence-electron chi connectivity index (χ3n) is 2.52. The number of aliphatic imine (C=N–C) groups is 1. The van der Waals surface area contributed by atoms with Gasteiger partial charge in [0.1, 0.15) is 5.01 Å². The first-order valence-corrected chi connectivity index (χ1v) is 6.88. The van der Waals surface area contributed by atoms with Crippen molar-refractivity contribution in [3.8, 4) is 0 Å². The first kappa shape index (κ1) is 18.7. The van der Waals surface area contributed by atoms with Gasteiger partial charge in [-0.15, -0.1) is 35.3 Å². The minimum absolute atomic E-state index is 0. The highest BCUT2D eigenvalue weighted by molar-refractivity contribution is 14.0. The number of nitrogens with two attached hydrogens (primary N) is 1. The van der Waals surface area contributed by atoms with E-state index in [0.29, 0.717) is 0 Å². The molecule has 3 N–H and O–H groups in total. The van der Waals surface area contributed by atoms with Crippen molar-refractivity contribution in [2.24, 2.45) is 10.7 Å². The molecule has 0 aliphatic carbocycles. The Bertz CT molecular complexity index is 655. The molecule has 0 amide bonds. The fourth-order valence-electron chi connectivity index (χ4n) is 1.58. The zero-order valence-corrected chi connectivity index (χ0v) is 14.7. The number of aryl methyl sites for hydroxylation is 1. The average molecular weight is 442 g/mol.